The van der Waals surface area contributed by atoms with Crippen LogP contribution in [0.2, 0.25) is 0 Å². The van der Waals surface area contributed by atoms with Crippen molar-refractivity contribution in [3.63, 3.8) is 0 Å². The number of carbonyl (C=O) groups excluding carboxylic acids is 2. The third-order valence-corrected chi connectivity index (χ3v) is 2.91. The van der Waals surface area contributed by atoms with Crippen LogP contribution in [0.1, 0.15) is 25.5 Å². The molecule has 5 N–H and O–H groups in total. The van der Waals surface area contributed by atoms with Gasteiger partial charge in [-0.1, -0.05) is 44.2 Å². The maximum atomic E-state index is 12.3. The molecular formula is C14H19N3O4. The fourth-order valence-electron chi connectivity index (χ4n) is 1.84. The molecule has 0 spiro atoms. The number of carbonyl (C=O) groups is 3. The summed E-state index contributed by atoms with van der Waals surface area (Å²) in [5, 5.41) is 13.8. The summed E-state index contributed by atoms with van der Waals surface area (Å²) >= 11 is 0. The number of carboxylic acid groups (broad SMARTS) is 1. The van der Waals surface area contributed by atoms with E-state index in [1.165, 1.54) is 0 Å². The lowest BCUT2D eigenvalue weighted by Gasteiger charge is -2.23. The summed E-state index contributed by atoms with van der Waals surface area (Å²) in [5.41, 5.74) is 5.59. The van der Waals surface area contributed by atoms with E-state index in [0.29, 0.717) is 5.56 Å². The van der Waals surface area contributed by atoms with Crippen molar-refractivity contribution in [2.75, 3.05) is 0 Å². The number of aliphatic carboxylic acids is 1. The Labute approximate surface area is 122 Å². The van der Waals surface area contributed by atoms with Gasteiger partial charge in [-0.2, -0.15) is 0 Å². The Bertz CT molecular complexity index is 516. The van der Waals surface area contributed by atoms with Crippen LogP contribution in [0.5, 0.6) is 0 Å². The van der Waals surface area contributed by atoms with Gasteiger partial charge in [-0.05, 0) is 11.5 Å². The van der Waals surface area contributed by atoms with E-state index in [1.807, 2.05) is 0 Å². The smallest absolute Gasteiger partial charge is 0.326 e. The number of hydrogen-bond donors (Lipinski definition) is 4. The summed E-state index contributed by atoms with van der Waals surface area (Å²) in [7, 11) is 0. The van der Waals surface area contributed by atoms with Crippen molar-refractivity contribution in [2.24, 2.45) is 11.7 Å². The second-order valence-electron chi connectivity index (χ2n) is 4.92. The Hall–Kier alpha value is -2.57. The summed E-state index contributed by atoms with van der Waals surface area (Å²) in [6.45, 7) is 3.36. The van der Waals surface area contributed by atoms with Crippen molar-refractivity contribution in [3.05, 3.63) is 35.9 Å². The highest BCUT2D eigenvalue weighted by molar-refractivity contribution is 5.90. The second-order valence-corrected chi connectivity index (χ2v) is 4.92. The first-order valence-corrected chi connectivity index (χ1v) is 6.47. The Kier molecular flexibility index (Phi) is 5.71. The zero-order valence-corrected chi connectivity index (χ0v) is 11.9. The van der Waals surface area contributed by atoms with E-state index in [-0.39, 0.29) is 5.92 Å². The topological polar surface area (TPSA) is 122 Å². The average Bonchev–Trinajstić information content (AvgIpc) is 2.42. The highest BCUT2D eigenvalue weighted by atomic mass is 16.4. The summed E-state index contributed by atoms with van der Waals surface area (Å²) in [6.07, 6.45) is 0. The van der Waals surface area contributed by atoms with Crippen LogP contribution >= 0.6 is 0 Å². The van der Waals surface area contributed by atoms with Gasteiger partial charge in [0, 0.05) is 0 Å². The molecule has 0 aromatic heterocycles. The van der Waals surface area contributed by atoms with E-state index < -0.39 is 30.0 Å². The summed E-state index contributed by atoms with van der Waals surface area (Å²) in [4.78, 5) is 34.4. The fourth-order valence-corrected chi connectivity index (χ4v) is 1.84. The molecule has 0 heterocycles. The van der Waals surface area contributed by atoms with Crippen LogP contribution in [0.3, 0.4) is 0 Å². The van der Waals surface area contributed by atoms with E-state index in [0.717, 1.165) is 0 Å². The quantitative estimate of drug-likeness (QED) is 0.614. The van der Waals surface area contributed by atoms with Crippen molar-refractivity contribution < 1.29 is 19.5 Å². The molecule has 2 atom stereocenters. The second kappa shape index (κ2) is 7.28. The number of carboxylic acids is 1. The van der Waals surface area contributed by atoms with Gasteiger partial charge < -0.3 is 21.5 Å². The number of hydrogen-bond acceptors (Lipinski definition) is 3. The van der Waals surface area contributed by atoms with Crippen molar-refractivity contribution in [3.8, 4) is 0 Å². The first kappa shape index (κ1) is 16.5. The van der Waals surface area contributed by atoms with Gasteiger partial charge in [0.1, 0.15) is 12.1 Å². The van der Waals surface area contributed by atoms with Gasteiger partial charge in [0.2, 0.25) is 5.91 Å². The molecule has 1 aromatic carbocycles. The van der Waals surface area contributed by atoms with E-state index in [1.54, 1.807) is 44.2 Å². The van der Waals surface area contributed by atoms with E-state index in [4.69, 9.17) is 10.8 Å². The van der Waals surface area contributed by atoms with Crippen LogP contribution in [0, 0.1) is 5.92 Å². The molecule has 1 rings (SSSR count). The molecule has 3 amide bonds. The van der Waals surface area contributed by atoms with Crippen LogP contribution in [0.4, 0.5) is 4.79 Å². The lowest BCUT2D eigenvalue weighted by Crippen LogP contribution is -2.50. The Morgan fingerprint density at radius 1 is 1.10 bits per heavy atom. The molecule has 0 aliphatic heterocycles. The molecular weight excluding hydrogens is 274 g/mol. The van der Waals surface area contributed by atoms with Crippen LogP contribution < -0.4 is 16.4 Å². The third kappa shape index (κ3) is 4.79. The minimum atomic E-state index is -1.13. The Balaban J connectivity index is 2.96. The zero-order valence-electron chi connectivity index (χ0n) is 11.9. The molecule has 1 aromatic rings. The number of primary amides is 1. The van der Waals surface area contributed by atoms with E-state index in [9.17, 15) is 14.4 Å². The third-order valence-electron chi connectivity index (χ3n) is 2.91. The molecule has 0 saturated heterocycles. The van der Waals surface area contributed by atoms with Gasteiger partial charge in [-0.3, -0.25) is 4.79 Å². The molecule has 21 heavy (non-hydrogen) atoms. The predicted molar refractivity (Wildman–Crippen MR) is 76.3 cm³/mol. The molecule has 2 unspecified atom stereocenters. The van der Waals surface area contributed by atoms with Crippen molar-refractivity contribution in [1.82, 2.24) is 10.6 Å². The predicted octanol–water partition coefficient (Wildman–Crippen LogP) is 0.621. The fraction of sp³-hybridized carbons (Fsp3) is 0.357. The van der Waals surface area contributed by atoms with Crippen LogP contribution in [0.25, 0.3) is 0 Å². The van der Waals surface area contributed by atoms with Gasteiger partial charge >= 0.3 is 12.0 Å². The SMILES string of the molecule is CC(C)C(NC(=O)C(NC(N)=O)c1ccccc1)C(=O)O. The number of nitrogens with one attached hydrogen (secondary N) is 2. The maximum absolute atomic E-state index is 12.3. The minimum absolute atomic E-state index is 0.295. The first-order chi connectivity index (χ1) is 9.82. The Morgan fingerprint density at radius 3 is 2.10 bits per heavy atom. The highest BCUT2D eigenvalue weighted by Crippen LogP contribution is 2.14. The standard InChI is InChI=1S/C14H19N3O4/c1-8(2)10(13(19)20)16-12(18)11(17-14(15)21)9-6-4-3-5-7-9/h3-8,10-11H,1-2H3,(H,16,18)(H,19,20)(H3,15,17,21). The molecule has 7 nitrogen and oxygen atoms in total. The number of nitrogens with two attached hydrogens (primary N) is 1. The van der Waals surface area contributed by atoms with E-state index in [2.05, 4.69) is 10.6 Å². The summed E-state index contributed by atoms with van der Waals surface area (Å²) < 4.78 is 0. The highest BCUT2D eigenvalue weighted by Gasteiger charge is 2.28. The van der Waals surface area contributed by atoms with Crippen molar-refractivity contribution in [2.45, 2.75) is 25.9 Å². The normalized spacial score (nSPS) is 13.3. The number of amides is 3. The molecule has 0 saturated carbocycles. The number of rotatable bonds is 6. The van der Waals surface area contributed by atoms with Gasteiger partial charge in [-0.25, -0.2) is 9.59 Å². The molecule has 0 bridgehead atoms. The van der Waals surface area contributed by atoms with Gasteiger partial charge in [0.05, 0.1) is 0 Å². The average molecular weight is 293 g/mol. The van der Waals surface area contributed by atoms with E-state index >= 15 is 0 Å². The lowest BCUT2D eigenvalue weighted by molar-refractivity contribution is -0.143. The lowest BCUT2D eigenvalue weighted by atomic mass is 10.0. The summed E-state index contributed by atoms with van der Waals surface area (Å²) in [6, 6.07) is 5.51. The van der Waals surface area contributed by atoms with Crippen LogP contribution in [-0.2, 0) is 9.59 Å². The molecule has 0 radical (unpaired) electrons. The molecule has 0 fully saturated rings. The van der Waals surface area contributed by atoms with Gasteiger partial charge in [-0.15, -0.1) is 0 Å². The Morgan fingerprint density at radius 2 is 1.67 bits per heavy atom. The molecule has 0 aliphatic carbocycles. The molecule has 7 heteroatoms. The maximum Gasteiger partial charge on any atom is 0.326 e. The van der Waals surface area contributed by atoms with Crippen LogP contribution in [0.15, 0.2) is 30.3 Å². The number of benzene rings is 1. The molecule has 114 valence electrons. The zero-order chi connectivity index (χ0) is 16.0. The summed E-state index contributed by atoms with van der Waals surface area (Å²) in [5.74, 6) is -2.05. The monoisotopic (exact) mass is 293 g/mol. The van der Waals surface area contributed by atoms with Crippen molar-refractivity contribution >= 4 is 17.9 Å². The first-order valence-electron chi connectivity index (χ1n) is 6.47. The van der Waals surface area contributed by atoms with Crippen LogP contribution in [-0.4, -0.2) is 29.1 Å². The minimum Gasteiger partial charge on any atom is -0.480 e. The number of urea groups is 1. The largest absolute Gasteiger partial charge is 0.480 e. The van der Waals surface area contributed by atoms with Gasteiger partial charge in [0.15, 0.2) is 0 Å². The van der Waals surface area contributed by atoms with Crippen molar-refractivity contribution in [1.29, 1.82) is 0 Å². The van der Waals surface area contributed by atoms with Gasteiger partial charge in [0.25, 0.3) is 0 Å². The molecule has 0 aliphatic rings.